The summed E-state index contributed by atoms with van der Waals surface area (Å²) in [5, 5.41) is 7.92. The van der Waals surface area contributed by atoms with Crippen molar-refractivity contribution in [2.24, 2.45) is 5.92 Å². The van der Waals surface area contributed by atoms with E-state index in [1.807, 2.05) is 6.92 Å². The van der Waals surface area contributed by atoms with E-state index >= 15 is 0 Å². The molecule has 4 atom stereocenters. The third-order valence-electron chi connectivity index (χ3n) is 4.87. The largest absolute Gasteiger partial charge is 0.423 e. The molecule has 1 amide bonds. The van der Waals surface area contributed by atoms with E-state index in [9.17, 15) is 4.79 Å². The Morgan fingerprint density at radius 2 is 2.21 bits per heavy atom. The van der Waals surface area contributed by atoms with Gasteiger partial charge in [-0.15, -0.1) is 10.2 Å². The first kappa shape index (κ1) is 17.4. The maximum atomic E-state index is 12.9. The van der Waals surface area contributed by atoms with Gasteiger partial charge in [-0.25, -0.2) is 0 Å². The van der Waals surface area contributed by atoms with Crippen molar-refractivity contribution in [2.45, 2.75) is 64.7 Å². The Kier molecular flexibility index (Phi) is 5.50. The third-order valence-corrected chi connectivity index (χ3v) is 4.87. The van der Waals surface area contributed by atoms with Gasteiger partial charge in [0.15, 0.2) is 0 Å². The van der Waals surface area contributed by atoms with E-state index in [2.05, 4.69) is 17.1 Å². The van der Waals surface area contributed by atoms with Gasteiger partial charge in [-0.05, 0) is 25.7 Å². The molecule has 2 aliphatic rings. The summed E-state index contributed by atoms with van der Waals surface area (Å²) in [5.41, 5.74) is 0. The topological polar surface area (TPSA) is 77.7 Å². The lowest BCUT2D eigenvalue weighted by Crippen LogP contribution is -2.48. The smallest absolute Gasteiger partial charge is 0.252 e. The number of aryl methyl sites for hydroxylation is 1. The predicted octanol–water partition coefficient (Wildman–Crippen LogP) is 2.26. The Hall–Kier alpha value is -1.47. The van der Waals surface area contributed by atoms with Crippen molar-refractivity contribution in [1.29, 1.82) is 0 Å². The molecule has 3 rings (SSSR count). The van der Waals surface area contributed by atoms with E-state index in [0.29, 0.717) is 37.5 Å². The lowest BCUT2D eigenvalue weighted by Gasteiger charge is -2.36. The van der Waals surface area contributed by atoms with Crippen molar-refractivity contribution < 1.29 is 18.7 Å². The quantitative estimate of drug-likeness (QED) is 0.839. The van der Waals surface area contributed by atoms with Crippen molar-refractivity contribution in [3.05, 3.63) is 11.8 Å². The zero-order valence-electron chi connectivity index (χ0n) is 14.7. The van der Waals surface area contributed by atoms with Crippen LogP contribution in [0.3, 0.4) is 0 Å². The predicted molar refractivity (Wildman–Crippen MR) is 86.3 cm³/mol. The number of carbonyl (C=O) groups excluding carboxylic acids is 1. The Bertz CT molecular complexity index is 562. The van der Waals surface area contributed by atoms with Crippen LogP contribution in [0.1, 0.15) is 57.4 Å². The van der Waals surface area contributed by atoms with Gasteiger partial charge in [0.1, 0.15) is 12.1 Å². The Labute approximate surface area is 142 Å². The fourth-order valence-corrected chi connectivity index (χ4v) is 3.60. The van der Waals surface area contributed by atoms with Crippen LogP contribution in [0.2, 0.25) is 0 Å². The van der Waals surface area contributed by atoms with Crippen molar-refractivity contribution in [1.82, 2.24) is 15.1 Å². The number of morpholine rings is 1. The molecule has 134 valence electrons. The van der Waals surface area contributed by atoms with Crippen LogP contribution in [0.15, 0.2) is 4.42 Å². The van der Waals surface area contributed by atoms with Gasteiger partial charge in [-0.1, -0.05) is 19.8 Å². The number of aromatic nitrogens is 2. The molecule has 4 unspecified atom stereocenters. The number of rotatable bonds is 4. The van der Waals surface area contributed by atoms with Gasteiger partial charge >= 0.3 is 0 Å². The van der Waals surface area contributed by atoms with E-state index < -0.39 is 6.10 Å². The SMILES string of the molecule is Cc1nnc(C2COCCN2C(=O)C(C)OC2CCCC(C)C2)o1. The summed E-state index contributed by atoms with van der Waals surface area (Å²) in [4.78, 5) is 14.7. The minimum Gasteiger partial charge on any atom is -0.423 e. The summed E-state index contributed by atoms with van der Waals surface area (Å²) >= 11 is 0. The number of carbonyl (C=O) groups is 1. The van der Waals surface area contributed by atoms with Crippen molar-refractivity contribution >= 4 is 5.91 Å². The van der Waals surface area contributed by atoms with E-state index in [4.69, 9.17) is 13.9 Å². The molecule has 1 aliphatic heterocycles. The molecule has 0 aromatic carbocycles. The second-order valence-electron chi connectivity index (χ2n) is 6.95. The Morgan fingerprint density at radius 3 is 2.92 bits per heavy atom. The normalized spacial score (nSPS) is 29.5. The molecule has 7 heteroatoms. The number of hydrogen-bond acceptors (Lipinski definition) is 6. The summed E-state index contributed by atoms with van der Waals surface area (Å²) in [5.74, 6) is 1.56. The molecular formula is C17H27N3O4. The van der Waals surface area contributed by atoms with Crippen LogP contribution in [-0.4, -0.2) is 53.0 Å². The van der Waals surface area contributed by atoms with Gasteiger partial charge in [0.25, 0.3) is 5.91 Å². The van der Waals surface area contributed by atoms with Crippen LogP contribution in [0, 0.1) is 12.8 Å². The first-order chi connectivity index (χ1) is 11.5. The first-order valence-electron chi connectivity index (χ1n) is 8.88. The van der Waals surface area contributed by atoms with Crippen LogP contribution in [0.5, 0.6) is 0 Å². The lowest BCUT2D eigenvalue weighted by molar-refractivity contribution is -0.157. The van der Waals surface area contributed by atoms with E-state index in [1.54, 1.807) is 11.8 Å². The zero-order chi connectivity index (χ0) is 17.1. The fourth-order valence-electron chi connectivity index (χ4n) is 3.60. The molecule has 1 aromatic heterocycles. The summed E-state index contributed by atoms with van der Waals surface area (Å²) in [6.45, 7) is 7.23. The van der Waals surface area contributed by atoms with Crippen LogP contribution in [0.25, 0.3) is 0 Å². The number of hydrogen-bond donors (Lipinski definition) is 0. The Morgan fingerprint density at radius 1 is 1.38 bits per heavy atom. The molecule has 0 radical (unpaired) electrons. The highest BCUT2D eigenvalue weighted by atomic mass is 16.5. The van der Waals surface area contributed by atoms with Crippen molar-refractivity contribution in [3.8, 4) is 0 Å². The molecule has 1 saturated heterocycles. The number of amides is 1. The average Bonchev–Trinajstić information content (AvgIpc) is 3.00. The molecule has 0 bridgehead atoms. The molecule has 7 nitrogen and oxygen atoms in total. The van der Waals surface area contributed by atoms with Crippen molar-refractivity contribution in [2.75, 3.05) is 19.8 Å². The highest BCUT2D eigenvalue weighted by molar-refractivity contribution is 5.81. The second kappa shape index (κ2) is 7.61. The molecule has 1 saturated carbocycles. The molecule has 1 aliphatic carbocycles. The third kappa shape index (κ3) is 3.95. The van der Waals surface area contributed by atoms with Crippen molar-refractivity contribution in [3.63, 3.8) is 0 Å². The highest BCUT2D eigenvalue weighted by Crippen LogP contribution is 2.28. The summed E-state index contributed by atoms with van der Waals surface area (Å²) in [6, 6.07) is -0.330. The molecular weight excluding hydrogens is 310 g/mol. The average molecular weight is 337 g/mol. The molecule has 1 aromatic rings. The molecule has 0 N–H and O–H groups in total. The van der Waals surface area contributed by atoms with E-state index in [0.717, 1.165) is 12.8 Å². The lowest BCUT2D eigenvalue weighted by atomic mass is 9.88. The minimum absolute atomic E-state index is 0.0302. The zero-order valence-corrected chi connectivity index (χ0v) is 14.7. The van der Waals surface area contributed by atoms with Crippen LogP contribution >= 0.6 is 0 Å². The van der Waals surface area contributed by atoms with Crippen LogP contribution in [0.4, 0.5) is 0 Å². The molecule has 24 heavy (non-hydrogen) atoms. The highest BCUT2D eigenvalue weighted by Gasteiger charge is 2.36. The van der Waals surface area contributed by atoms with Gasteiger partial charge in [-0.2, -0.15) is 0 Å². The monoisotopic (exact) mass is 337 g/mol. The fraction of sp³-hybridized carbons (Fsp3) is 0.824. The summed E-state index contributed by atoms with van der Waals surface area (Å²) < 4.78 is 17.1. The number of nitrogens with zero attached hydrogens (tertiary/aromatic N) is 3. The first-order valence-corrected chi connectivity index (χ1v) is 8.88. The second-order valence-corrected chi connectivity index (χ2v) is 6.95. The van der Waals surface area contributed by atoms with Gasteiger partial charge in [0.2, 0.25) is 11.8 Å². The van der Waals surface area contributed by atoms with Crippen LogP contribution in [-0.2, 0) is 14.3 Å². The van der Waals surface area contributed by atoms with Gasteiger partial charge in [0.05, 0.1) is 19.3 Å². The molecule has 2 heterocycles. The van der Waals surface area contributed by atoms with Gasteiger partial charge in [-0.3, -0.25) is 4.79 Å². The maximum Gasteiger partial charge on any atom is 0.252 e. The molecule has 2 fully saturated rings. The number of ether oxygens (including phenoxy) is 2. The summed E-state index contributed by atoms with van der Waals surface area (Å²) in [6.07, 6.45) is 4.21. The van der Waals surface area contributed by atoms with E-state index in [-0.39, 0.29) is 18.1 Å². The van der Waals surface area contributed by atoms with E-state index in [1.165, 1.54) is 12.8 Å². The molecule has 0 spiro atoms. The maximum absolute atomic E-state index is 12.9. The van der Waals surface area contributed by atoms with Gasteiger partial charge in [0, 0.05) is 13.5 Å². The standard InChI is InChI=1S/C17H27N3O4/c1-11-5-4-6-14(9-11)23-12(2)17(21)20-7-8-22-10-15(20)16-19-18-13(3)24-16/h11-12,14-15H,4-10H2,1-3H3. The minimum atomic E-state index is -0.468. The summed E-state index contributed by atoms with van der Waals surface area (Å²) in [7, 11) is 0. The van der Waals surface area contributed by atoms with Crippen LogP contribution < -0.4 is 0 Å². The Balaban J connectivity index is 1.64. The van der Waals surface area contributed by atoms with Gasteiger partial charge < -0.3 is 18.8 Å².